The topological polar surface area (TPSA) is 111 Å². The molecule has 2 rings (SSSR count). The van der Waals surface area contributed by atoms with E-state index in [-0.39, 0.29) is 35.4 Å². The minimum atomic E-state index is -0.597. The van der Waals surface area contributed by atoms with Crippen molar-refractivity contribution in [3.05, 3.63) is 63.7 Å². The number of carbonyl (C=O) groups excluding carboxylic acids is 2. The van der Waals surface area contributed by atoms with Crippen LogP contribution in [0.1, 0.15) is 29.8 Å². The fraction of sp³-hybridized carbons (Fsp3) is 0.263. The predicted octanol–water partition coefficient (Wildman–Crippen LogP) is 3.13. The molecule has 0 unspecified atom stereocenters. The number of amides is 2. The molecule has 0 saturated heterocycles. The third-order valence-electron chi connectivity index (χ3n) is 3.84. The molecular weight excluding hydrogens is 350 g/mol. The van der Waals surface area contributed by atoms with Crippen LogP contribution in [-0.4, -0.2) is 23.8 Å². The van der Waals surface area contributed by atoms with Gasteiger partial charge in [0.05, 0.1) is 12.0 Å². The number of carbonyl (C=O) groups is 2. The Bertz CT molecular complexity index is 847. The summed E-state index contributed by atoms with van der Waals surface area (Å²) < 4.78 is 4.92. The number of hydrogen-bond acceptors (Lipinski definition) is 5. The molecule has 8 heteroatoms. The van der Waals surface area contributed by atoms with E-state index < -0.39 is 10.8 Å². The Morgan fingerprint density at radius 1 is 1.15 bits per heavy atom. The second kappa shape index (κ2) is 8.79. The second-order valence-corrected chi connectivity index (χ2v) is 6.17. The molecule has 0 aliphatic rings. The molecule has 2 amide bonds. The highest BCUT2D eigenvalue weighted by Gasteiger charge is 2.18. The van der Waals surface area contributed by atoms with Crippen molar-refractivity contribution in [1.82, 2.24) is 5.32 Å². The summed E-state index contributed by atoms with van der Waals surface area (Å²) in [4.78, 5) is 34.4. The van der Waals surface area contributed by atoms with E-state index in [9.17, 15) is 19.7 Å². The van der Waals surface area contributed by atoms with E-state index in [2.05, 4.69) is 10.6 Å². The van der Waals surface area contributed by atoms with E-state index in [1.807, 2.05) is 13.8 Å². The standard InChI is InChI=1S/C19H21N3O5/c1-12(2)18(23)21-15-7-4-13(5-8-15)11-20-19(24)14-6-9-17(27-3)16(10-14)22(25)26/h4-10,12H,11H2,1-3H3,(H,20,24)(H,21,23). The maximum Gasteiger partial charge on any atom is 0.311 e. The minimum Gasteiger partial charge on any atom is -0.490 e. The zero-order valence-corrected chi connectivity index (χ0v) is 15.3. The molecule has 2 N–H and O–H groups in total. The fourth-order valence-electron chi connectivity index (χ4n) is 2.25. The lowest BCUT2D eigenvalue weighted by molar-refractivity contribution is -0.385. The van der Waals surface area contributed by atoms with Crippen LogP contribution in [0.3, 0.4) is 0 Å². The van der Waals surface area contributed by atoms with Gasteiger partial charge in [-0.15, -0.1) is 0 Å². The van der Waals surface area contributed by atoms with E-state index in [0.29, 0.717) is 5.69 Å². The predicted molar refractivity (Wildman–Crippen MR) is 101 cm³/mol. The van der Waals surface area contributed by atoms with Gasteiger partial charge in [0.15, 0.2) is 5.75 Å². The molecule has 2 aromatic carbocycles. The van der Waals surface area contributed by atoms with Gasteiger partial charge in [-0.05, 0) is 29.8 Å². The van der Waals surface area contributed by atoms with Crippen LogP contribution < -0.4 is 15.4 Å². The van der Waals surface area contributed by atoms with E-state index in [1.165, 1.54) is 25.3 Å². The molecular formula is C19H21N3O5. The number of benzene rings is 2. The smallest absolute Gasteiger partial charge is 0.311 e. The van der Waals surface area contributed by atoms with Crippen molar-refractivity contribution < 1.29 is 19.2 Å². The Kier molecular flexibility index (Phi) is 6.48. The van der Waals surface area contributed by atoms with Crippen molar-refractivity contribution in [3.8, 4) is 5.75 Å². The monoisotopic (exact) mass is 371 g/mol. The summed E-state index contributed by atoms with van der Waals surface area (Å²) in [6, 6.07) is 11.1. The molecule has 0 heterocycles. The third-order valence-corrected chi connectivity index (χ3v) is 3.84. The van der Waals surface area contributed by atoms with Crippen molar-refractivity contribution in [2.45, 2.75) is 20.4 Å². The molecule has 2 aromatic rings. The van der Waals surface area contributed by atoms with Gasteiger partial charge in [0.25, 0.3) is 5.91 Å². The van der Waals surface area contributed by atoms with Gasteiger partial charge in [0.1, 0.15) is 0 Å². The molecule has 0 spiro atoms. The van der Waals surface area contributed by atoms with Crippen molar-refractivity contribution >= 4 is 23.2 Å². The SMILES string of the molecule is COc1ccc(C(=O)NCc2ccc(NC(=O)C(C)C)cc2)cc1[N+](=O)[O-]. The lowest BCUT2D eigenvalue weighted by Gasteiger charge is -2.09. The van der Waals surface area contributed by atoms with Crippen LogP contribution in [-0.2, 0) is 11.3 Å². The van der Waals surface area contributed by atoms with Crippen LogP contribution in [0, 0.1) is 16.0 Å². The normalized spacial score (nSPS) is 10.4. The molecule has 0 saturated carbocycles. The Hall–Kier alpha value is -3.42. The van der Waals surface area contributed by atoms with E-state index in [4.69, 9.17) is 4.74 Å². The van der Waals surface area contributed by atoms with E-state index in [0.717, 1.165) is 5.56 Å². The summed E-state index contributed by atoms with van der Waals surface area (Å²) in [6.07, 6.45) is 0. The van der Waals surface area contributed by atoms with Crippen LogP contribution in [0.2, 0.25) is 0 Å². The highest BCUT2D eigenvalue weighted by Crippen LogP contribution is 2.27. The van der Waals surface area contributed by atoms with Gasteiger partial charge in [0.2, 0.25) is 5.91 Å². The molecule has 0 fully saturated rings. The Morgan fingerprint density at radius 2 is 1.81 bits per heavy atom. The summed E-state index contributed by atoms with van der Waals surface area (Å²) in [5.74, 6) is -0.525. The average molecular weight is 371 g/mol. The lowest BCUT2D eigenvalue weighted by Crippen LogP contribution is -2.23. The maximum absolute atomic E-state index is 12.2. The number of hydrogen-bond donors (Lipinski definition) is 2. The summed E-state index contributed by atoms with van der Waals surface area (Å²) in [5, 5.41) is 16.5. The molecule has 0 atom stereocenters. The van der Waals surface area contributed by atoms with Gasteiger partial charge in [-0.1, -0.05) is 26.0 Å². The number of rotatable bonds is 7. The van der Waals surface area contributed by atoms with Crippen molar-refractivity contribution in [3.63, 3.8) is 0 Å². The summed E-state index contributed by atoms with van der Waals surface area (Å²) in [7, 11) is 1.33. The van der Waals surface area contributed by atoms with Crippen molar-refractivity contribution in [2.24, 2.45) is 5.92 Å². The highest BCUT2D eigenvalue weighted by atomic mass is 16.6. The number of nitro benzene ring substituents is 1. The quantitative estimate of drug-likeness (QED) is 0.574. The number of nitrogens with one attached hydrogen (secondary N) is 2. The molecule has 8 nitrogen and oxygen atoms in total. The molecule has 0 radical (unpaired) electrons. The first-order valence-corrected chi connectivity index (χ1v) is 8.32. The first-order valence-electron chi connectivity index (χ1n) is 8.32. The molecule has 27 heavy (non-hydrogen) atoms. The van der Waals surface area contributed by atoms with Crippen LogP contribution in [0.4, 0.5) is 11.4 Å². The third kappa shape index (κ3) is 5.27. The van der Waals surface area contributed by atoms with E-state index >= 15 is 0 Å². The number of nitro groups is 1. The fourth-order valence-corrected chi connectivity index (χ4v) is 2.25. The van der Waals surface area contributed by atoms with Crippen molar-refractivity contribution in [2.75, 3.05) is 12.4 Å². The second-order valence-electron chi connectivity index (χ2n) is 6.17. The molecule has 0 aliphatic carbocycles. The van der Waals surface area contributed by atoms with Crippen LogP contribution >= 0.6 is 0 Å². The van der Waals surface area contributed by atoms with Gasteiger partial charge >= 0.3 is 5.69 Å². The molecule has 0 aliphatic heterocycles. The van der Waals surface area contributed by atoms with Gasteiger partial charge in [0, 0.05) is 29.8 Å². The van der Waals surface area contributed by atoms with Crippen LogP contribution in [0.25, 0.3) is 0 Å². The number of methoxy groups -OCH3 is 1. The lowest BCUT2D eigenvalue weighted by atomic mass is 10.1. The van der Waals surface area contributed by atoms with Gasteiger partial charge in [-0.2, -0.15) is 0 Å². The first kappa shape index (κ1) is 19.9. The maximum atomic E-state index is 12.2. The van der Waals surface area contributed by atoms with Crippen LogP contribution in [0.5, 0.6) is 5.75 Å². The minimum absolute atomic E-state index is 0.0721. The Balaban J connectivity index is 2.00. The largest absolute Gasteiger partial charge is 0.490 e. The molecule has 0 bridgehead atoms. The summed E-state index contributed by atoms with van der Waals surface area (Å²) in [5.41, 5.74) is 1.40. The van der Waals surface area contributed by atoms with Crippen LogP contribution in [0.15, 0.2) is 42.5 Å². The first-order chi connectivity index (χ1) is 12.8. The Morgan fingerprint density at radius 3 is 2.37 bits per heavy atom. The van der Waals surface area contributed by atoms with Gasteiger partial charge in [-0.25, -0.2) is 0 Å². The average Bonchev–Trinajstić information content (AvgIpc) is 2.66. The number of ether oxygens (including phenoxy) is 1. The van der Waals surface area contributed by atoms with Gasteiger partial charge < -0.3 is 15.4 Å². The summed E-state index contributed by atoms with van der Waals surface area (Å²) >= 11 is 0. The number of anilines is 1. The number of nitrogens with zero attached hydrogens (tertiary/aromatic N) is 1. The summed E-state index contributed by atoms with van der Waals surface area (Å²) in [6.45, 7) is 3.86. The van der Waals surface area contributed by atoms with Gasteiger partial charge in [-0.3, -0.25) is 19.7 Å². The van der Waals surface area contributed by atoms with Crippen molar-refractivity contribution in [1.29, 1.82) is 0 Å². The zero-order valence-electron chi connectivity index (χ0n) is 15.3. The van der Waals surface area contributed by atoms with E-state index in [1.54, 1.807) is 24.3 Å². The molecule has 0 aromatic heterocycles. The highest BCUT2D eigenvalue weighted by molar-refractivity contribution is 5.95. The molecule has 142 valence electrons. The Labute approximate surface area is 156 Å². The zero-order chi connectivity index (χ0) is 20.0.